The average Bonchev–Trinajstić information content (AvgIpc) is 2.27. The van der Waals surface area contributed by atoms with Gasteiger partial charge in [0.25, 0.3) is 0 Å². The second kappa shape index (κ2) is 5.77. The molecule has 1 heterocycles. The number of hydrogen-bond acceptors (Lipinski definition) is 4. The Kier molecular flexibility index (Phi) is 4.92. The Bertz CT molecular complexity index is 256. The van der Waals surface area contributed by atoms with Crippen LogP contribution in [0.15, 0.2) is 5.16 Å². The third-order valence-electron chi connectivity index (χ3n) is 3.33. The van der Waals surface area contributed by atoms with Crippen molar-refractivity contribution in [2.24, 2.45) is 16.3 Å². The monoisotopic (exact) mass is 245 g/mol. The van der Waals surface area contributed by atoms with Crippen LogP contribution in [0.3, 0.4) is 0 Å². The molecule has 1 aliphatic heterocycles. The van der Waals surface area contributed by atoms with Gasteiger partial charge in [-0.3, -0.25) is 4.90 Å². The molecule has 0 saturated carbocycles. The summed E-state index contributed by atoms with van der Waals surface area (Å²) >= 11 is 2.02. The maximum absolute atomic E-state index is 8.71. The highest BCUT2D eigenvalue weighted by atomic mass is 32.2. The average molecular weight is 245 g/mol. The Hall–Kier alpha value is -0.420. The fraction of sp³-hybridized carbons (Fsp3) is 0.909. The fourth-order valence-corrected chi connectivity index (χ4v) is 2.86. The molecule has 0 amide bonds. The van der Waals surface area contributed by atoms with Crippen molar-refractivity contribution in [1.82, 2.24) is 4.90 Å². The van der Waals surface area contributed by atoms with Crippen LogP contribution in [-0.4, -0.2) is 46.6 Å². The molecule has 0 aromatic rings. The number of rotatable bonds is 4. The Morgan fingerprint density at radius 2 is 2.31 bits per heavy atom. The van der Waals surface area contributed by atoms with Gasteiger partial charge in [0.1, 0.15) is 5.84 Å². The number of hydrogen-bond donors (Lipinski definition) is 2. The van der Waals surface area contributed by atoms with Gasteiger partial charge in [0.05, 0.1) is 0 Å². The van der Waals surface area contributed by atoms with Crippen molar-refractivity contribution >= 4 is 17.6 Å². The number of nitrogens with two attached hydrogens (primary N) is 1. The predicted octanol–water partition coefficient (Wildman–Crippen LogP) is 1.59. The highest BCUT2D eigenvalue weighted by Crippen LogP contribution is 2.23. The van der Waals surface area contributed by atoms with Crippen LogP contribution in [0.4, 0.5) is 0 Å². The van der Waals surface area contributed by atoms with Crippen molar-refractivity contribution in [1.29, 1.82) is 0 Å². The van der Waals surface area contributed by atoms with Gasteiger partial charge >= 0.3 is 0 Å². The van der Waals surface area contributed by atoms with Gasteiger partial charge in [0, 0.05) is 29.5 Å². The molecule has 16 heavy (non-hydrogen) atoms. The molecule has 3 N–H and O–H groups in total. The molecular formula is C11H23N3OS. The zero-order valence-corrected chi connectivity index (χ0v) is 11.3. The Balaban J connectivity index is 2.44. The van der Waals surface area contributed by atoms with Crippen LogP contribution >= 0.6 is 11.8 Å². The lowest BCUT2D eigenvalue weighted by Gasteiger charge is -2.35. The molecule has 1 rings (SSSR count). The van der Waals surface area contributed by atoms with E-state index in [1.807, 2.05) is 25.6 Å². The zero-order chi connectivity index (χ0) is 12.2. The second-order valence-electron chi connectivity index (χ2n) is 5.08. The minimum Gasteiger partial charge on any atom is -0.409 e. The van der Waals surface area contributed by atoms with E-state index in [0.29, 0.717) is 11.9 Å². The molecule has 0 bridgehead atoms. The van der Waals surface area contributed by atoms with E-state index in [1.165, 1.54) is 11.5 Å². The fourth-order valence-electron chi connectivity index (χ4n) is 1.78. The van der Waals surface area contributed by atoms with Gasteiger partial charge in [0.2, 0.25) is 0 Å². The molecule has 1 saturated heterocycles. The first-order valence-corrected chi connectivity index (χ1v) is 6.92. The molecule has 0 radical (unpaired) electrons. The largest absolute Gasteiger partial charge is 0.409 e. The maximum Gasteiger partial charge on any atom is 0.144 e. The van der Waals surface area contributed by atoms with Crippen LogP contribution in [0.1, 0.15) is 27.2 Å². The quantitative estimate of drug-likeness (QED) is 0.342. The molecular weight excluding hydrogens is 222 g/mol. The first-order chi connectivity index (χ1) is 7.47. The van der Waals surface area contributed by atoms with E-state index < -0.39 is 0 Å². The smallest absolute Gasteiger partial charge is 0.144 e. The van der Waals surface area contributed by atoms with Crippen molar-refractivity contribution in [3.05, 3.63) is 0 Å². The van der Waals surface area contributed by atoms with Gasteiger partial charge in [-0.05, 0) is 19.9 Å². The number of thioether (sulfide) groups is 1. The summed E-state index contributed by atoms with van der Waals surface area (Å²) in [7, 11) is 0. The normalized spacial score (nSPS) is 24.7. The topological polar surface area (TPSA) is 61.8 Å². The lowest BCUT2D eigenvalue weighted by molar-refractivity contribution is 0.208. The number of nitrogens with zero attached hydrogens (tertiary/aromatic N) is 2. The van der Waals surface area contributed by atoms with Gasteiger partial charge in [-0.25, -0.2) is 0 Å². The van der Waals surface area contributed by atoms with E-state index in [2.05, 4.69) is 17.0 Å². The molecule has 4 nitrogen and oxygen atoms in total. The summed E-state index contributed by atoms with van der Waals surface area (Å²) in [4.78, 5) is 2.49. The van der Waals surface area contributed by atoms with Crippen molar-refractivity contribution in [3.63, 3.8) is 0 Å². The van der Waals surface area contributed by atoms with E-state index >= 15 is 0 Å². The second-order valence-corrected chi connectivity index (χ2v) is 6.23. The molecule has 5 heteroatoms. The van der Waals surface area contributed by atoms with E-state index in [9.17, 15) is 0 Å². The molecule has 0 aromatic carbocycles. The number of amidine groups is 1. The van der Waals surface area contributed by atoms with Crippen LogP contribution in [0.25, 0.3) is 0 Å². The van der Waals surface area contributed by atoms with Gasteiger partial charge < -0.3 is 10.9 Å². The van der Waals surface area contributed by atoms with Gasteiger partial charge in [-0.2, -0.15) is 11.8 Å². The van der Waals surface area contributed by atoms with Crippen LogP contribution in [0, 0.1) is 5.41 Å². The summed E-state index contributed by atoms with van der Waals surface area (Å²) < 4.78 is 0. The standard InChI is InChI=1S/C11H23N3OS/c1-9-8-16-7-6-14(9)5-4-11(2,3)10(12)13-15/h9,15H,4-8H2,1-3H3,(H2,12,13). The van der Waals surface area contributed by atoms with Gasteiger partial charge in [-0.1, -0.05) is 19.0 Å². The van der Waals surface area contributed by atoms with E-state index in [0.717, 1.165) is 19.5 Å². The van der Waals surface area contributed by atoms with Gasteiger partial charge in [-0.15, -0.1) is 0 Å². The van der Waals surface area contributed by atoms with Crippen molar-refractivity contribution in [2.45, 2.75) is 33.2 Å². The molecule has 94 valence electrons. The van der Waals surface area contributed by atoms with Crippen LogP contribution in [0.5, 0.6) is 0 Å². The summed E-state index contributed by atoms with van der Waals surface area (Å²) in [6, 6.07) is 0.641. The lowest BCUT2D eigenvalue weighted by atomic mass is 9.87. The van der Waals surface area contributed by atoms with Crippen molar-refractivity contribution in [2.75, 3.05) is 24.6 Å². The number of oxime groups is 1. The van der Waals surface area contributed by atoms with Crippen molar-refractivity contribution < 1.29 is 5.21 Å². The Morgan fingerprint density at radius 1 is 1.62 bits per heavy atom. The molecule has 1 atom stereocenters. The summed E-state index contributed by atoms with van der Waals surface area (Å²) in [6.45, 7) is 8.47. The van der Waals surface area contributed by atoms with E-state index in [-0.39, 0.29) is 5.41 Å². The maximum atomic E-state index is 8.71. The third-order valence-corrected chi connectivity index (χ3v) is 4.52. The SMILES string of the molecule is CC1CSCCN1CCC(C)(C)C(N)=NO. The minimum atomic E-state index is -0.223. The van der Waals surface area contributed by atoms with Gasteiger partial charge in [0.15, 0.2) is 0 Å². The van der Waals surface area contributed by atoms with E-state index in [1.54, 1.807) is 0 Å². The molecule has 1 fully saturated rings. The van der Waals surface area contributed by atoms with Crippen LogP contribution in [-0.2, 0) is 0 Å². The Morgan fingerprint density at radius 3 is 2.88 bits per heavy atom. The summed E-state index contributed by atoms with van der Waals surface area (Å²) in [5, 5.41) is 11.8. The third kappa shape index (κ3) is 3.56. The molecule has 0 spiro atoms. The predicted molar refractivity (Wildman–Crippen MR) is 70.2 cm³/mol. The zero-order valence-electron chi connectivity index (χ0n) is 10.4. The molecule has 0 aliphatic carbocycles. The summed E-state index contributed by atoms with van der Waals surface area (Å²) in [5.74, 6) is 2.75. The minimum absolute atomic E-state index is 0.223. The van der Waals surface area contributed by atoms with Crippen LogP contribution in [0.2, 0.25) is 0 Å². The first-order valence-electron chi connectivity index (χ1n) is 5.77. The Labute approximate surface area is 102 Å². The summed E-state index contributed by atoms with van der Waals surface area (Å²) in [5.41, 5.74) is 5.46. The highest BCUT2D eigenvalue weighted by Gasteiger charge is 2.26. The van der Waals surface area contributed by atoms with Crippen LogP contribution < -0.4 is 5.73 Å². The molecule has 1 aliphatic rings. The molecule has 1 unspecified atom stereocenters. The van der Waals surface area contributed by atoms with E-state index in [4.69, 9.17) is 10.9 Å². The lowest BCUT2D eigenvalue weighted by Crippen LogP contribution is -2.43. The highest BCUT2D eigenvalue weighted by molar-refractivity contribution is 7.99. The first kappa shape index (κ1) is 13.6. The molecule has 0 aromatic heterocycles. The van der Waals surface area contributed by atoms with Crippen molar-refractivity contribution in [3.8, 4) is 0 Å². The summed E-state index contributed by atoms with van der Waals surface area (Å²) in [6.07, 6.45) is 0.928.